The monoisotopic (exact) mass is 180 g/mol. The second-order valence-corrected chi connectivity index (χ2v) is 3.91. The summed E-state index contributed by atoms with van der Waals surface area (Å²) in [6, 6.07) is 2.27. The van der Waals surface area contributed by atoms with Gasteiger partial charge in [-0.3, -0.25) is 0 Å². The van der Waals surface area contributed by atoms with E-state index in [0.29, 0.717) is 5.92 Å². The molecule has 0 unspecified atom stereocenters. The van der Waals surface area contributed by atoms with Gasteiger partial charge in [-0.1, -0.05) is 13.8 Å². The molecule has 0 aliphatic rings. The molecule has 1 aromatic rings. The molecular weight excluding hydrogens is 160 g/mol. The largest absolute Gasteiger partial charge is 0.351 e. The first-order valence-electron chi connectivity index (χ1n) is 5.02. The number of hydrogen-bond donors (Lipinski definition) is 1. The average Bonchev–Trinajstić information content (AvgIpc) is 2.44. The second kappa shape index (κ2) is 4.47. The minimum atomic E-state index is 0.623. The third-order valence-electron chi connectivity index (χ3n) is 2.40. The summed E-state index contributed by atoms with van der Waals surface area (Å²) in [5.74, 6) is 0.623. The molecule has 0 saturated carbocycles. The number of nitrogens with zero attached hydrogens (tertiary/aromatic N) is 1. The summed E-state index contributed by atoms with van der Waals surface area (Å²) in [7, 11) is 0. The van der Waals surface area contributed by atoms with E-state index in [0.717, 1.165) is 19.5 Å². The summed E-state index contributed by atoms with van der Waals surface area (Å²) in [5.41, 5.74) is 8.25. The quantitative estimate of drug-likeness (QED) is 0.757. The van der Waals surface area contributed by atoms with E-state index in [1.54, 1.807) is 0 Å². The number of aromatic nitrogens is 1. The number of aryl methyl sites for hydroxylation is 2. The van der Waals surface area contributed by atoms with E-state index in [9.17, 15) is 0 Å². The van der Waals surface area contributed by atoms with E-state index < -0.39 is 0 Å². The van der Waals surface area contributed by atoms with Crippen LogP contribution < -0.4 is 5.73 Å². The van der Waals surface area contributed by atoms with Crippen LogP contribution in [0.25, 0.3) is 0 Å². The van der Waals surface area contributed by atoms with Crippen molar-refractivity contribution in [3.63, 3.8) is 0 Å². The maximum absolute atomic E-state index is 5.48. The predicted molar refractivity (Wildman–Crippen MR) is 56.9 cm³/mol. The molecule has 0 bridgehead atoms. The topological polar surface area (TPSA) is 30.9 Å². The zero-order valence-electron chi connectivity index (χ0n) is 8.88. The first-order chi connectivity index (χ1) is 6.15. The molecule has 0 aromatic carbocycles. The molecule has 0 atom stereocenters. The van der Waals surface area contributed by atoms with Gasteiger partial charge in [0.2, 0.25) is 0 Å². The summed E-state index contributed by atoms with van der Waals surface area (Å²) in [4.78, 5) is 0. The first-order valence-corrected chi connectivity index (χ1v) is 5.02. The van der Waals surface area contributed by atoms with Crippen LogP contribution in [0.15, 0.2) is 12.3 Å². The molecule has 0 aliphatic heterocycles. The molecule has 2 heteroatoms. The van der Waals surface area contributed by atoms with Crippen LogP contribution in [0.2, 0.25) is 0 Å². The molecule has 0 fully saturated rings. The van der Waals surface area contributed by atoms with Crippen LogP contribution in [0.5, 0.6) is 0 Å². The Balaban J connectivity index is 2.71. The number of rotatable bonds is 4. The second-order valence-electron chi connectivity index (χ2n) is 3.91. The highest BCUT2D eigenvalue weighted by atomic mass is 15.0. The molecule has 2 N–H and O–H groups in total. The summed E-state index contributed by atoms with van der Waals surface area (Å²) < 4.78 is 2.29. The van der Waals surface area contributed by atoms with Gasteiger partial charge in [0.25, 0.3) is 0 Å². The number of nitrogens with two attached hydrogens (primary N) is 1. The van der Waals surface area contributed by atoms with Gasteiger partial charge >= 0.3 is 0 Å². The normalized spacial score (nSPS) is 11.2. The van der Waals surface area contributed by atoms with Crippen molar-refractivity contribution in [3.8, 4) is 0 Å². The van der Waals surface area contributed by atoms with Gasteiger partial charge in [-0.05, 0) is 37.4 Å². The van der Waals surface area contributed by atoms with E-state index in [4.69, 9.17) is 5.73 Å². The van der Waals surface area contributed by atoms with Crippen LogP contribution in [0, 0.1) is 6.92 Å². The molecule has 0 amide bonds. The minimum absolute atomic E-state index is 0.623. The third-order valence-corrected chi connectivity index (χ3v) is 2.40. The lowest BCUT2D eigenvalue weighted by molar-refractivity contribution is 0.637. The van der Waals surface area contributed by atoms with Crippen molar-refractivity contribution >= 4 is 0 Å². The van der Waals surface area contributed by atoms with E-state index in [-0.39, 0.29) is 0 Å². The van der Waals surface area contributed by atoms with Crippen molar-refractivity contribution in [1.29, 1.82) is 0 Å². The molecule has 2 nitrogen and oxygen atoms in total. The van der Waals surface area contributed by atoms with Gasteiger partial charge in [0.1, 0.15) is 0 Å². The van der Waals surface area contributed by atoms with Crippen LogP contribution in [-0.2, 0) is 6.54 Å². The van der Waals surface area contributed by atoms with Crippen molar-refractivity contribution in [2.24, 2.45) is 5.73 Å². The van der Waals surface area contributed by atoms with Gasteiger partial charge in [-0.15, -0.1) is 0 Å². The van der Waals surface area contributed by atoms with Crippen molar-refractivity contribution < 1.29 is 0 Å². The van der Waals surface area contributed by atoms with Crippen LogP contribution in [0.4, 0.5) is 0 Å². The zero-order valence-corrected chi connectivity index (χ0v) is 8.88. The van der Waals surface area contributed by atoms with Crippen LogP contribution in [-0.4, -0.2) is 11.1 Å². The van der Waals surface area contributed by atoms with Gasteiger partial charge in [-0.2, -0.15) is 0 Å². The molecule has 74 valence electrons. The molecule has 0 spiro atoms. The summed E-state index contributed by atoms with van der Waals surface area (Å²) in [6.45, 7) is 8.43. The van der Waals surface area contributed by atoms with Gasteiger partial charge in [-0.25, -0.2) is 0 Å². The van der Waals surface area contributed by atoms with Gasteiger partial charge < -0.3 is 10.3 Å². The minimum Gasteiger partial charge on any atom is -0.351 e. The Morgan fingerprint density at radius 2 is 2.15 bits per heavy atom. The smallest absolute Gasteiger partial charge is 0.0234 e. The zero-order chi connectivity index (χ0) is 9.84. The van der Waals surface area contributed by atoms with Crippen molar-refractivity contribution in [3.05, 3.63) is 23.5 Å². The highest BCUT2D eigenvalue weighted by Crippen LogP contribution is 2.17. The van der Waals surface area contributed by atoms with Gasteiger partial charge in [0.05, 0.1) is 0 Å². The lowest BCUT2D eigenvalue weighted by Crippen LogP contribution is -2.05. The van der Waals surface area contributed by atoms with E-state index in [2.05, 4.69) is 37.6 Å². The third kappa shape index (κ3) is 2.59. The maximum Gasteiger partial charge on any atom is 0.0234 e. The Labute approximate surface area is 80.7 Å². The lowest BCUT2D eigenvalue weighted by atomic mass is 10.1. The Bertz CT molecular complexity index is 261. The molecule has 0 radical (unpaired) electrons. The van der Waals surface area contributed by atoms with Crippen molar-refractivity contribution in [2.45, 2.75) is 39.7 Å². The fraction of sp³-hybridized carbons (Fsp3) is 0.636. The predicted octanol–water partition coefficient (Wildman–Crippen LogP) is 2.27. The summed E-state index contributed by atoms with van der Waals surface area (Å²) >= 11 is 0. The van der Waals surface area contributed by atoms with E-state index in [1.165, 1.54) is 11.3 Å². The highest BCUT2D eigenvalue weighted by molar-refractivity contribution is 5.20. The molecule has 1 rings (SSSR count). The Morgan fingerprint density at radius 3 is 2.62 bits per heavy atom. The van der Waals surface area contributed by atoms with Gasteiger partial charge in [0, 0.05) is 18.4 Å². The summed E-state index contributed by atoms with van der Waals surface area (Å²) in [6.07, 6.45) is 3.31. The Morgan fingerprint density at radius 1 is 1.46 bits per heavy atom. The standard InChI is InChI=1S/C11H20N2/c1-9(2)11-7-10(3)13(8-11)6-4-5-12/h7-9H,4-6,12H2,1-3H3. The number of hydrogen-bond acceptors (Lipinski definition) is 1. The molecule has 13 heavy (non-hydrogen) atoms. The molecule has 1 aromatic heterocycles. The fourth-order valence-corrected chi connectivity index (χ4v) is 1.46. The van der Waals surface area contributed by atoms with Crippen molar-refractivity contribution in [1.82, 2.24) is 4.57 Å². The van der Waals surface area contributed by atoms with Crippen molar-refractivity contribution in [2.75, 3.05) is 6.54 Å². The van der Waals surface area contributed by atoms with Gasteiger partial charge in [0.15, 0.2) is 0 Å². The molecular formula is C11H20N2. The Kier molecular flexibility index (Phi) is 3.55. The van der Waals surface area contributed by atoms with Crippen LogP contribution in [0.1, 0.15) is 37.4 Å². The molecule has 1 heterocycles. The maximum atomic E-state index is 5.48. The fourth-order valence-electron chi connectivity index (χ4n) is 1.46. The van der Waals surface area contributed by atoms with Crippen LogP contribution in [0.3, 0.4) is 0 Å². The van der Waals surface area contributed by atoms with Crippen LogP contribution >= 0.6 is 0 Å². The molecule has 0 aliphatic carbocycles. The molecule has 0 saturated heterocycles. The highest BCUT2D eigenvalue weighted by Gasteiger charge is 2.04. The van der Waals surface area contributed by atoms with E-state index in [1.807, 2.05) is 0 Å². The first kappa shape index (κ1) is 10.3. The van der Waals surface area contributed by atoms with E-state index >= 15 is 0 Å². The SMILES string of the molecule is Cc1cc(C(C)C)cn1CCCN. The average molecular weight is 180 g/mol. The Hall–Kier alpha value is -0.760. The summed E-state index contributed by atoms with van der Waals surface area (Å²) in [5, 5.41) is 0. The lowest BCUT2D eigenvalue weighted by Gasteiger charge is -2.03.